The van der Waals surface area contributed by atoms with E-state index in [9.17, 15) is 9.59 Å². The summed E-state index contributed by atoms with van der Waals surface area (Å²) in [5, 5.41) is 21.8. The average Bonchev–Trinajstić information content (AvgIpc) is 2.30. The summed E-state index contributed by atoms with van der Waals surface area (Å²) in [4.78, 5) is 20.6. The minimum atomic E-state index is -0.972. The van der Waals surface area contributed by atoms with Crippen LogP contribution >= 0.6 is 0 Å². The maximum atomic E-state index is 10.5. The molecule has 0 radical (unpaired) electrons. The van der Waals surface area contributed by atoms with E-state index in [1.54, 1.807) is 0 Å². The number of hydrogen-bond acceptors (Lipinski definition) is 2. The normalized spacial score (nSPS) is 11.8. The minimum Gasteiger partial charge on any atom is -0.465 e. The van der Waals surface area contributed by atoms with Crippen LogP contribution in [-0.4, -0.2) is 35.0 Å². The molecule has 0 aliphatic heterocycles. The second-order valence-electron chi connectivity index (χ2n) is 4.34. The van der Waals surface area contributed by atoms with Gasteiger partial charge in [-0.05, 0) is 19.3 Å². The molecule has 1 atom stereocenters. The van der Waals surface area contributed by atoms with Gasteiger partial charge in [-0.1, -0.05) is 32.6 Å². The van der Waals surface area contributed by atoms with Crippen molar-refractivity contribution in [2.75, 3.05) is 6.54 Å². The SMILES string of the molecule is CCC(CCCCCCCNC(=O)O)NC(=O)O. The van der Waals surface area contributed by atoms with Crippen LogP contribution in [0.5, 0.6) is 0 Å². The van der Waals surface area contributed by atoms with Crippen molar-refractivity contribution >= 4 is 12.2 Å². The van der Waals surface area contributed by atoms with Crippen LogP contribution in [0.25, 0.3) is 0 Å². The van der Waals surface area contributed by atoms with Crippen LogP contribution in [0.2, 0.25) is 0 Å². The van der Waals surface area contributed by atoms with Crippen molar-refractivity contribution < 1.29 is 19.8 Å². The van der Waals surface area contributed by atoms with Crippen molar-refractivity contribution in [3.05, 3.63) is 0 Å². The lowest BCUT2D eigenvalue weighted by atomic mass is 10.0. The molecule has 0 aliphatic carbocycles. The molecule has 0 saturated carbocycles. The standard InChI is InChI=1S/C12H24N2O4/c1-2-10(14-12(17)18)8-6-4-3-5-7-9-13-11(15)16/h10,13-14H,2-9H2,1H3,(H,15,16)(H,17,18). The fraction of sp³-hybridized carbons (Fsp3) is 0.833. The molecule has 0 bridgehead atoms. The van der Waals surface area contributed by atoms with E-state index >= 15 is 0 Å². The second kappa shape index (κ2) is 10.7. The molecule has 6 heteroatoms. The summed E-state index contributed by atoms with van der Waals surface area (Å²) in [6.07, 6.45) is 4.74. The first-order valence-electron chi connectivity index (χ1n) is 6.52. The molecule has 106 valence electrons. The molecule has 0 aliphatic rings. The Bertz CT molecular complexity index is 246. The van der Waals surface area contributed by atoms with Gasteiger partial charge < -0.3 is 20.8 Å². The van der Waals surface area contributed by atoms with Crippen molar-refractivity contribution in [1.82, 2.24) is 10.6 Å². The van der Waals surface area contributed by atoms with Crippen LogP contribution in [0.1, 0.15) is 51.9 Å². The van der Waals surface area contributed by atoms with Crippen LogP contribution < -0.4 is 10.6 Å². The number of carbonyl (C=O) groups is 2. The van der Waals surface area contributed by atoms with Crippen molar-refractivity contribution in [2.24, 2.45) is 0 Å². The number of unbranched alkanes of at least 4 members (excludes halogenated alkanes) is 4. The van der Waals surface area contributed by atoms with E-state index in [4.69, 9.17) is 10.2 Å². The molecule has 0 saturated heterocycles. The Balaban J connectivity index is 3.33. The van der Waals surface area contributed by atoms with E-state index in [1.807, 2.05) is 6.92 Å². The zero-order chi connectivity index (χ0) is 13.8. The molecule has 0 heterocycles. The lowest BCUT2D eigenvalue weighted by Gasteiger charge is -2.14. The zero-order valence-electron chi connectivity index (χ0n) is 10.9. The lowest BCUT2D eigenvalue weighted by Crippen LogP contribution is -2.32. The maximum Gasteiger partial charge on any atom is 0.404 e. The van der Waals surface area contributed by atoms with E-state index in [1.165, 1.54) is 0 Å². The molecule has 1 unspecified atom stereocenters. The van der Waals surface area contributed by atoms with E-state index in [2.05, 4.69) is 10.6 Å². The van der Waals surface area contributed by atoms with Gasteiger partial charge in [-0.15, -0.1) is 0 Å². The Kier molecular flexibility index (Phi) is 9.81. The third kappa shape index (κ3) is 11.0. The van der Waals surface area contributed by atoms with E-state index in [0.717, 1.165) is 44.9 Å². The average molecular weight is 260 g/mol. The van der Waals surface area contributed by atoms with Gasteiger partial charge in [-0.3, -0.25) is 0 Å². The fourth-order valence-electron chi connectivity index (χ4n) is 1.79. The van der Waals surface area contributed by atoms with Gasteiger partial charge in [0.2, 0.25) is 0 Å². The summed E-state index contributed by atoms with van der Waals surface area (Å²) >= 11 is 0. The number of amides is 2. The van der Waals surface area contributed by atoms with Crippen molar-refractivity contribution in [1.29, 1.82) is 0 Å². The van der Waals surface area contributed by atoms with Gasteiger partial charge in [0.15, 0.2) is 0 Å². The summed E-state index contributed by atoms with van der Waals surface area (Å²) in [6.45, 7) is 2.48. The first-order chi connectivity index (χ1) is 8.56. The number of nitrogens with one attached hydrogen (secondary N) is 2. The molecule has 18 heavy (non-hydrogen) atoms. The van der Waals surface area contributed by atoms with Crippen LogP contribution in [0.3, 0.4) is 0 Å². The van der Waals surface area contributed by atoms with Crippen molar-refractivity contribution in [2.45, 2.75) is 57.9 Å². The minimum absolute atomic E-state index is 0.0520. The molecule has 0 aromatic rings. The Hall–Kier alpha value is -1.46. The van der Waals surface area contributed by atoms with Crippen LogP contribution in [0.4, 0.5) is 9.59 Å². The fourth-order valence-corrected chi connectivity index (χ4v) is 1.79. The van der Waals surface area contributed by atoms with Gasteiger partial charge in [-0.25, -0.2) is 9.59 Å². The van der Waals surface area contributed by atoms with Crippen LogP contribution in [0.15, 0.2) is 0 Å². The molecular formula is C12H24N2O4. The van der Waals surface area contributed by atoms with Crippen molar-refractivity contribution in [3.63, 3.8) is 0 Å². The van der Waals surface area contributed by atoms with Gasteiger partial charge in [0.1, 0.15) is 0 Å². The quantitative estimate of drug-likeness (QED) is 0.454. The van der Waals surface area contributed by atoms with Gasteiger partial charge in [-0.2, -0.15) is 0 Å². The van der Waals surface area contributed by atoms with Gasteiger partial charge in [0.25, 0.3) is 0 Å². The Morgan fingerprint density at radius 1 is 1.00 bits per heavy atom. The molecule has 0 aromatic carbocycles. The predicted octanol–water partition coefficient (Wildman–Crippen LogP) is 2.64. The Morgan fingerprint density at radius 2 is 1.61 bits per heavy atom. The first-order valence-corrected chi connectivity index (χ1v) is 6.52. The molecule has 0 rings (SSSR count). The third-order valence-electron chi connectivity index (χ3n) is 2.83. The summed E-state index contributed by atoms with van der Waals surface area (Å²) in [5.41, 5.74) is 0. The summed E-state index contributed by atoms with van der Waals surface area (Å²) in [7, 11) is 0. The highest BCUT2D eigenvalue weighted by Crippen LogP contribution is 2.09. The zero-order valence-corrected chi connectivity index (χ0v) is 10.9. The topological polar surface area (TPSA) is 98.7 Å². The van der Waals surface area contributed by atoms with Gasteiger partial charge in [0.05, 0.1) is 0 Å². The summed E-state index contributed by atoms with van der Waals surface area (Å²) < 4.78 is 0. The summed E-state index contributed by atoms with van der Waals surface area (Å²) in [6, 6.07) is 0.0520. The first kappa shape index (κ1) is 16.5. The number of carboxylic acid groups (broad SMARTS) is 2. The molecule has 4 N–H and O–H groups in total. The number of rotatable bonds is 10. The summed E-state index contributed by atoms with van der Waals surface area (Å²) in [5.74, 6) is 0. The molecule has 0 aromatic heterocycles. The molecule has 2 amide bonds. The largest absolute Gasteiger partial charge is 0.465 e. The third-order valence-corrected chi connectivity index (χ3v) is 2.83. The highest BCUT2D eigenvalue weighted by atomic mass is 16.4. The van der Waals surface area contributed by atoms with Gasteiger partial charge >= 0.3 is 12.2 Å². The monoisotopic (exact) mass is 260 g/mol. The predicted molar refractivity (Wildman–Crippen MR) is 69.0 cm³/mol. The molecular weight excluding hydrogens is 236 g/mol. The van der Waals surface area contributed by atoms with E-state index in [0.29, 0.717) is 6.54 Å². The second-order valence-corrected chi connectivity index (χ2v) is 4.34. The van der Waals surface area contributed by atoms with Crippen LogP contribution in [0, 0.1) is 0 Å². The maximum absolute atomic E-state index is 10.5. The Morgan fingerprint density at radius 3 is 2.17 bits per heavy atom. The highest BCUT2D eigenvalue weighted by molar-refractivity contribution is 5.64. The molecule has 0 fully saturated rings. The van der Waals surface area contributed by atoms with E-state index in [-0.39, 0.29) is 6.04 Å². The number of hydrogen-bond donors (Lipinski definition) is 4. The highest BCUT2D eigenvalue weighted by Gasteiger charge is 2.07. The van der Waals surface area contributed by atoms with Crippen molar-refractivity contribution in [3.8, 4) is 0 Å². The Labute approximate surface area is 108 Å². The molecule has 0 spiro atoms. The van der Waals surface area contributed by atoms with E-state index < -0.39 is 12.2 Å². The molecule has 6 nitrogen and oxygen atoms in total. The van der Waals surface area contributed by atoms with Gasteiger partial charge in [0, 0.05) is 12.6 Å². The smallest absolute Gasteiger partial charge is 0.404 e. The van der Waals surface area contributed by atoms with Crippen LogP contribution in [-0.2, 0) is 0 Å². The lowest BCUT2D eigenvalue weighted by molar-refractivity contribution is 0.188.